The summed E-state index contributed by atoms with van der Waals surface area (Å²) in [5, 5.41) is 6.84. The second kappa shape index (κ2) is 10.2. The van der Waals surface area contributed by atoms with E-state index in [0.29, 0.717) is 25.3 Å². The molecular weight excluding hydrogens is 408 g/mol. The lowest BCUT2D eigenvalue weighted by Crippen LogP contribution is -2.46. The fraction of sp³-hybridized carbons (Fsp3) is 0.333. The van der Waals surface area contributed by atoms with Crippen LogP contribution in [0.3, 0.4) is 0 Å². The number of amides is 1. The van der Waals surface area contributed by atoms with Crippen LogP contribution in [0.25, 0.3) is 5.69 Å². The van der Waals surface area contributed by atoms with Crippen molar-refractivity contribution in [3.63, 3.8) is 0 Å². The van der Waals surface area contributed by atoms with E-state index in [1.54, 1.807) is 13.2 Å². The molecular formula is C24H28N4O4. The molecule has 0 spiro atoms. The molecule has 0 saturated heterocycles. The fourth-order valence-electron chi connectivity index (χ4n) is 3.32. The van der Waals surface area contributed by atoms with Crippen LogP contribution in [-0.2, 0) is 11.3 Å². The van der Waals surface area contributed by atoms with Gasteiger partial charge in [-0.05, 0) is 56.0 Å². The first kappa shape index (κ1) is 23.1. The van der Waals surface area contributed by atoms with E-state index in [-0.39, 0.29) is 12.2 Å². The van der Waals surface area contributed by atoms with Crippen LogP contribution in [0.4, 0.5) is 0 Å². The van der Waals surface area contributed by atoms with E-state index in [0.717, 1.165) is 31.5 Å². The van der Waals surface area contributed by atoms with Gasteiger partial charge < -0.3 is 10.1 Å². The Hall–Kier alpha value is -3.52. The first-order valence-electron chi connectivity index (χ1n) is 10.5. The molecule has 0 radical (unpaired) electrons. The standard InChI is InChI=1S/C24H28N4O4/c1-16-7-5-8-19(13-16)15-27-23(30)21(22(29)25-11-6-12-32-4)26-28(24(27)31)20-10-9-17(2)18(3)14-20/h5,7-10,13-14H,6,11-12,15H2,1-4H3,(H,25,29). The Labute approximate surface area is 186 Å². The van der Waals surface area contributed by atoms with Gasteiger partial charge in [-0.3, -0.25) is 14.2 Å². The van der Waals surface area contributed by atoms with Gasteiger partial charge in [-0.15, -0.1) is 0 Å². The third-order valence-electron chi connectivity index (χ3n) is 5.24. The Morgan fingerprint density at radius 3 is 2.53 bits per heavy atom. The van der Waals surface area contributed by atoms with E-state index in [1.165, 1.54) is 0 Å². The van der Waals surface area contributed by atoms with Gasteiger partial charge in [0.2, 0.25) is 5.69 Å². The summed E-state index contributed by atoms with van der Waals surface area (Å²) < 4.78 is 7.16. The highest BCUT2D eigenvalue weighted by Gasteiger charge is 2.20. The lowest BCUT2D eigenvalue weighted by atomic mass is 10.1. The van der Waals surface area contributed by atoms with Crippen molar-refractivity contribution in [3.8, 4) is 5.69 Å². The van der Waals surface area contributed by atoms with Crippen molar-refractivity contribution in [1.29, 1.82) is 0 Å². The lowest BCUT2D eigenvalue weighted by Gasteiger charge is -2.13. The van der Waals surface area contributed by atoms with Crippen molar-refractivity contribution in [3.05, 3.63) is 91.3 Å². The Balaban J connectivity index is 2.11. The van der Waals surface area contributed by atoms with Gasteiger partial charge >= 0.3 is 5.69 Å². The summed E-state index contributed by atoms with van der Waals surface area (Å²) in [4.78, 5) is 39.1. The number of hydrogen-bond acceptors (Lipinski definition) is 5. The molecule has 0 aliphatic carbocycles. The fourth-order valence-corrected chi connectivity index (χ4v) is 3.32. The topological polar surface area (TPSA) is 95.2 Å². The highest BCUT2D eigenvalue weighted by molar-refractivity contribution is 5.91. The molecule has 1 amide bonds. The number of nitrogens with one attached hydrogen (secondary N) is 1. The molecule has 8 nitrogen and oxygen atoms in total. The largest absolute Gasteiger partial charge is 0.385 e. The van der Waals surface area contributed by atoms with Crippen LogP contribution in [-0.4, -0.2) is 40.5 Å². The molecule has 0 aliphatic heterocycles. The van der Waals surface area contributed by atoms with Crippen LogP contribution >= 0.6 is 0 Å². The van der Waals surface area contributed by atoms with Gasteiger partial charge in [0.05, 0.1) is 12.2 Å². The molecule has 1 N–H and O–H groups in total. The number of nitrogens with zero attached hydrogens (tertiary/aromatic N) is 3. The maximum atomic E-state index is 13.3. The monoisotopic (exact) mass is 436 g/mol. The minimum atomic E-state index is -0.721. The van der Waals surface area contributed by atoms with E-state index in [4.69, 9.17) is 4.74 Å². The summed E-state index contributed by atoms with van der Waals surface area (Å²) in [7, 11) is 1.58. The Bertz CT molecular complexity index is 1240. The predicted molar refractivity (Wildman–Crippen MR) is 123 cm³/mol. The van der Waals surface area contributed by atoms with Gasteiger partial charge in [0.15, 0.2) is 0 Å². The Morgan fingerprint density at radius 1 is 1.06 bits per heavy atom. The van der Waals surface area contributed by atoms with Crippen LogP contribution in [0, 0.1) is 20.8 Å². The number of benzene rings is 2. The number of carbonyl (C=O) groups excluding carboxylic acids is 1. The molecule has 0 fully saturated rings. The van der Waals surface area contributed by atoms with Crippen molar-refractivity contribution in [2.24, 2.45) is 0 Å². The zero-order valence-electron chi connectivity index (χ0n) is 18.8. The highest BCUT2D eigenvalue weighted by atomic mass is 16.5. The summed E-state index contributed by atoms with van der Waals surface area (Å²) in [5.41, 5.74) is 2.67. The maximum absolute atomic E-state index is 13.3. The molecule has 3 aromatic rings. The van der Waals surface area contributed by atoms with Crippen LogP contribution in [0.15, 0.2) is 52.1 Å². The maximum Gasteiger partial charge on any atom is 0.352 e. The Morgan fingerprint density at radius 2 is 1.84 bits per heavy atom. The number of hydrogen-bond donors (Lipinski definition) is 1. The number of methoxy groups -OCH3 is 1. The normalized spacial score (nSPS) is 10.9. The van der Waals surface area contributed by atoms with Crippen molar-refractivity contribution in [2.45, 2.75) is 33.7 Å². The molecule has 0 saturated carbocycles. The summed E-state index contributed by atoms with van der Waals surface area (Å²) in [6.07, 6.45) is 0.594. The van der Waals surface area contributed by atoms with Gasteiger partial charge in [-0.25, -0.2) is 4.79 Å². The number of ether oxygens (including phenoxy) is 1. The molecule has 8 heteroatoms. The average molecular weight is 437 g/mol. The summed E-state index contributed by atoms with van der Waals surface area (Å²) in [6.45, 7) is 6.67. The van der Waals surface area contributed by atoms with Crippen molar-refractivity contribution >= 4 is 5.91 Å². The molecule has 32 heavy (non-hydrogen) atoms. The number of aryl methyl sites for hydroxylation is 3. The van der Waals surface area contributed by atoms with Gasteiger partial charge in [0.1, 0.15) is 0 Å². The molecule has 0 unspecified atom stereocenters. The third-order valence-corrected chi connectivity index (χ3v) is 5.24. The van der Waals surface area contributed by atoms with E-state index in [1.807, 2.05) is 57.2 Å². The molecule has 3 rings (SSSR count). The van der Waals surface area contributed by atoms with Gasteiger partial charge in [-0.1, -0.05) is 35.9 Å². The second-order valence-corrected chi connectivity index (χ2v) is 7.79. The van der Waals surface area contributed by atoms with E-state index >= 15 is 0 Å². The first-order chi connectivity index (χ1) is 15.3. The lowest BCUT2D eigenvalue weighted by molar-refractivity contribution is 0.0938. The number of rotatable bonds is 8. The number of carbonyl (C=O) groups is 1. The van der Waals surface area contributed by atoms with E-state index < -0.39 is 17.2 Å². The van der Waals surface area contributed by atoms with Crippen LogP contribution in [0.5, 0.6) is 0 Å². The molecule has 2 aromatic carbocycles. The van der Waals surface area contributed by atoms with Gasteiger partial charge in [0, 0.05) is 20.3 Å². The minimum absolute atomic E-state index is 0.0384. The SMILES string of the molecule is COCCCNC(=O)c1nn(-c2ccc(C)c(C)c2)c(=O)n(Cc2cccc(C)c2)c1=O. The predicted octanol–water partition coefficient (Wildman–Crippen LogP) is 2.13. The third kappa shape index (κ3) is 5.20. The minimum Gasteiger partial charge on any atom is -0.385 e. The zero-order chi connectivity index (χ0) is 23.3. The molecule has 0 bridgehead atoms. The van der Waals surface area contributed by atoms with Crippen molar-refractivity contribution < 1.29 is 9.53 Å². The number of aromatic nitrogens is 3. The van der Waals surface area contributed by atoms with Crippen molar-refractivity contribution in [1.82, 2.24) is 19.7 Å². The smallest absolute Gasteiger partial charge is 0.352 e. The summed E-state index contributed by atoms with van der Waals surface area (Å²) >= 11 is 0. The van der Waals surface area contributed by atoms with E-state index in [9.17, 15) is 14.4 Å². The molecule has 0 aliphatic rings. The quantitative estimate of drug-likeness (QED) is 0.546. The molecule has 1 heterocycles. The second-order valence-electron chi connectivity index (χ2n) is 7.79. The van der Waals surface area contributed by atoms with Gasteiger partial charge in [-0.2, -0.15) is 9.78 Å². The van der Waals surface area contributed by atoms with Crippen molar-refractivity contribution in [2.75, 3.05) is 20.3 Å². The molecule has 168 valence electrons. The Kier molecular flexibility index (Phi) is 7.37. The molecule has 1 aromatic heterocycles. The zero-order valence-corrected chi connectivity index (χ0v) is 18.8. The van der Waals surface area contributed by atoms with Crippen LogP contribution < -0.4 is 16.6 Å². The highest BCUT2D eigenvalue weighted by Crippen LogP contribution is 2.12. The first-order valence-corrected chi connectivity index (χ1v) is 10.5. The van der Waals surface area contributed by atoms with Crippen LogP contribution in [0.2, 0.25) is 0 Å². The van der Waals surface area contributed by atoms with E-state index in [2.05, 4.69) is 10.4 Å². The summed E-state index contributed by atoms with van der Waals surface area (Å²) in [5.74, 6) is -0.623. The summed E-state index contributed by atoms with van der Waals surface area (Å²) in [6, 6.07) is 13.0. The van der Waals surface area contributed by atoms with Crippen LogP contribution in [0.1, 0.15) is 39.2 Å². The van der Waals surface area contributed by atoms with Gasteiger partial charge in [0.25, 0.3) is 11.5 Å². The molecule has 0 atom stereocenters. The average Bonchev–Trinajstić information content (AvgIpc) is 2.76.